The van der Waals surface area contributed by atoms with Crippen LogP contribution in [0.1, 0.15) is 36.0 Å². The van der Waals surface area contributed by atoms with Crippen LogP contribution in [-0.4, -0.2) is 43.5 Å². The summed E-state index contributed by atoms with van der Waals surface area (Å²) in [5.41, 5.74) is 0.371. The number of fused-ring (bicyclic) bond motifs is 1. The van der Waals surface area contributed by atoms with E-state index >= 15 is 0 Å². The van der Waals surface area contributed by atoms with Crippen LogP contribution in [0.25, 0.3) is 0 Å². The molecular formula is C16H21NO3. The molecule has 1 fully saturated rings. The Balaban J connectivity index is 1.92. The molecule has 108 valence electrons. The molecule has 0 N–H and O–H groups in total. The van der Waals surface area contributed by atoms with Crippen molar-refractivity contribution in [3.8, 4) is 11.5 Å². The summed E-state index contributed by atoms with van der Waals surface area (Å²) in [5.74, 6) is 1.61. The third kappa shape index (κ3) is 2.40. The van der Waals surface area contributed by atoms with E-state index in [-0.39, 0.29) is 11.4 Å². The normalized spacial score (nSPS) is 26.8. The van der Waals surface area contributed by atoms with Crippen molar-refractivity contribution in [1.29, 1.82) is 0 Å². The maximum atomic E-state index is 12.4. The molecule has 1 aromatic rings. The third-order valence-corrected chi connectivity index (χ3v) is 4.42. The van der Waals surface area contributed by atoms with Crippen LogP contribution < -0.4 is 9.47 Å². The van der Waals surface area contributed by atoms with E-state index in [0.29, 0.717) is 17.7 Å². The van der Waals surface area contributed by atoms with Crippen LogP contribution in [-0.2, 0) is 0 Å². The van der Waals surface area contributed by atoms with Crippen LogP contribution in [0.4, 0.5) is 0 Å². The Morgan fingerprint density at radius 3 is 2.95 bits per heavy atom. The molecule has 2 aliphatic heterocycles. The second-order valence-corrected chi connectivity index (χ2v) is 5.90. The van der Waals surface area contributed by atoms with E-state index in [1.165, 1.54) is 0 Å². The van der Waals surface area contributed by atoms with Gasteiger partial charge in [0.1, 0.15) is 17.1 Å². The number of rotatable bonds is 1. The largest absolute Gasteiger partial charge is 0.497 e. The Kier molecular flexibility index (Phi) is 3.42. The van der Waals surface area contributed by atoms with Crippen LogP contribution >= 0.6 is 0 Å². The molecule has 2 heterocycles. The first-order chi connectivity index (χ1) is 9.62. The lowest BCUT2D eigenvalue weighted by molar-refractivity contribution is 0.0303. The number of nitrogens with zero attached hydrogens (tertiary/aromatic N) is 1. The highest BCUT2D eigenvalue weighted by Crippen LogP contribution is 2.40. The van der Waals surface area contributed by atoms with E-state index in [2.05, 4.69) is 11.9 Å². The van der Waals surface area contributed by atoms with Gasteiger partial charge in [0.25, 0.3) is 0 Å². The molecule has 2 aliphatic rings. The summed E-state index contributed by atoms with van der Waals surface area (Å²) in [7, 11) is 3.75. The fraction of sp³-hybridized carbons (Fsp3) is 0.562. The van der Waals surface area contributed by atoms with Gasteiger partial charge in [-0.15, -0.1) is 0 Å². The van der Waals surface area contributed by atoms with Gasteiger partial charge in [-0.25, -0.2) is 0 Å². The molecule has 0 radical (unpaired) electrons. The average Bonchev–Trinajstić information content (AvgIpc) is 2.61. The smallest absolute Gasteiger partial charge is 0.170 e. The Morgan fingerprint density at radius 1 is 1.30 bits per heavy atom. The number of ether oxygens (including phenoxy) is 2. The Morgan fingerprint density at radius 2 is 2.15 bits per heavy atom. The predicted octanol–water partition coefficient (Wildman–Crippen LogP) is 2.51. The lowest BCUT2D eigenvalue weighted by Crippen LogP contribution is -2.42. The van der Waals surface area contributed by atoms with Gasteiger partial charge in [-0.3, -0.25) is 4.79 Å². The van der Waals surface area contributed by atoms with Crippen LogP contribution in [0.5, 0.6) is 11.5 Å². The number of Topliss-reactive ketones (excluding diaryl/α,β-unsaturated/α-hetero) is 1. The molecule has 0 saturated carbocycles. The van der Waals surface area contributed by atoms with Crippen LogP contribution in [0.2, 0.25) is 0 Å². The number of carbonyl (C=O) groups is 1. The van der Waals surface area contributed by atoms with E-state index < -0.39 is 0 Å². The number of benzene rings is 1. The van der Waals surface area contributed by atoms with Crippen molar-refractivity contribution in [3.05, 3.63) is 23.8 Å². The van der Waals surface area contributed by atoms with Crippen molar-refractivity contribution in [3.63, 3.8) is 0 Å². The zero-order chi connectivity index (χ0) is 14.2. The van der Waals surface area contributed by atoms with Gasteiger partial charge in [0.15, 0.2) is 5.78 Å². The van der Waals surface area contributed by atoms with E-state index in [1.54, 1.807) is 7.11 Å². The van der Waals surface area contributed by atoms with E-state index in [1.807, 2.05) is 18.2 Å². The quantitative estimate of drug-likeness (QED) is 0.789. The Labute approximate surface area is 119 Å². The fourth-order valence-electron chi connectivity index (χ4n) is 3.18. The van der Waals surface area contributed by atoms with Gasteiger partial charge in [0.2, 0.25) is 0 Å². The van der Waals surface area contributed by atoms with Gasteiger partial charge >= 0.3 is 0 Å². The maximum Gasteiger partial charge on any atom is 0.170 e. The lowest BCUT2D eigenvalue weighted by Gasteiger charge is -2.37. The number of methoxy groups -OCH3 is 1. The summed E-state index contributed by atoms with van der Waals surface area (Å²) in [6.07, 6.45) is 3.43. The van der Waals surface area contributed by atoms with Gasteiger partial charge in [0, 0.05) is 19.0 Å². The van der Waals surface area contributed by atoms with Crippen molar-refractivity contribution in [1.82, 2.24) is 4.90 Å². The maximum absolute atomic E-state index is 12.4. The summed E-state index contributed by atoms with van der Waals surface area (Å²) in [6.45, 7) is 2.05. The van der Waals surface area contributed by atoms with Gasteiger partial charge in [0.05, 0.1) is 19.1 Å². The highest BCUT2D eigenvalue weighted by Gasteiger charge is 2.41. The summed E-state index contributed by atoms with van der Waals surface area (Å²) in [5, 5.41) is 0. The standard InChI is InChI=1S/C16H21NO3/c1-17-8-3-6-16(7-9-17)11-14(18)13-5-4-12(19-2)10-15(13)20-16/h4-5,10H,3,6-9,11H2,1-2H3. The summed E-state index contributed by atoms with van der Waals surface area (Å²) in [4.78, 5) is 14.7. The Bertz CT molecular complexity index is 528. The van der Waals surface area contributed by atoms with Crippen molar-refractivity contribution in [2.24, 2.45) is 0 Å². The number of carbonyl (C=O) groups excluding carboxylic acids is 1. The second kappa shape index (κ2) is 5.09. The van der Waals surface area contributed by atoms with Crippen molar-refractivity contribution in [2.75, 3.05) is 27.2 Å². The fourth-order valence-corrected chi connectivity index (χ4v) is 3.18. The van der Waals surface area contributed by atoms with Crippen LogP contribution in [0.3, 0.4) is 0 Å². The number of hydrogen-bond acceptors (Lipinski definition) is 4. The van der Waals surface area contributed by atoms with E-state index in [0.717, 1.165) is 38.1 Å². The molecule has 0 amide bonds. The highest BCUT2D eigenvalue weighted by molar-refractivity contribution is 6.00. The number of likely N-dealkylation sites (tertiary alicyclic amines) is 1. The van der Waals surface area contributed by atoms with Crippen LogP contribution in [0, 0.1) is 0 Å². The minimum absolute atomic E-state index is 0.193. The molecule has 0 aromatic heterocycles. The zero-order valence-electron chi connectivity index (χ0n) is 12.1. The lowest BCUT2D eigenvalue weighted by atomic mass is 9.84. The van der Waals surface area contributed by atoms with Crippen LogP contribution in [0.15, 0.2) is 18.2 Å². The molecule has 4 heteroatoms. The molecule has 4 nitrogen and oxygen atoms in total. The van der Waals surface area contributed by atoms with Gasteiger partial charge in [-0.1, -0.05) is 0 Å². The molecular weight excluding hydrogens is 254 g/mol. The summed E-state index contributed by atoms with van der Waals surface area (Å²) in [6, 6.07) is 5.47. The summed E-state index contributed by atoms with van der Waals surface area (Å²) < 4.78 is 11.5. The zero-order valence-corrected chi connectivity index (χ0v) is 12.1. The monoisotopic (exact) mass is 275 g/mol. The molecule has 3 rings (SSSR count). The van der Waals surface area contributed by atoms with Crippen molar-refractivity contribution < 1.29 is 14.3 Å². The Hall–Kier alpha value is -1.55. The first-order valence-electron chi connectivity index (χ1n) is 7.21. The molecule has 1 spiro atoms. The third-order valence-electron chi connectivity index (χ3n) is 4.42. The van der Waals surface area contributed by atoms with Crippen molar-refractivity contribution >= 4 is 5.78 Å². The molecule has 1 aromatic carbocycles. The molecule has 1 atom stereocenters. The SMILES string of the molecule is COc1ccc2c(c1)OC1(CCCN(C)CC1)CC2=O. The van der Waals surface area contributed by atoms with E-state index in [9.17, 15) is 4.79 Å². The predicted molar refractivity (Wildman–Crippen MR) is 76.6 cm³/mol. The molecule has 1 saturated heterocycles. The summed E-state index contributed by atoms with van der Waals surface area (Å²) >= 11 is 0. The topological polar surface area (TPSA) is 38.8 Å². The first kappa shape index (κ1) is 13.4. The van der Waals surface area contributed by atoms with Crippen molar-refractivity contribution in [2.45, 2.75) is 31.3 Å². The van der Waals surface area contributed by atoms with Gasteiger partial charge in [-0.2, -0.15) is 0 Å². The molecule has 0 bridgehead atoms. The molecule has 20 heavy (non-hydrogen) atoms. The van der Waals surface area contributed by atoms with Gasteiger partial charge < -0.3 is 14.4 Å². The molecule has 1 unspecified atom stereocenters. The van der Waals surface area contributed by atoms with Gasteiger partial charge in [-0.05, 0) is 38.6 Å². The second-order valence-electron chi connectivity index (χ2n) is 5.90. The number of ketones is 1. The van der Waals surface area contributed by atoms with E-state index in [4.69, 9.17) is 9.47 Å². The first-order valence-corrected chi connectivity index (χ1v) is 7.21. The number of hydrogen-bond donors (Lipinski definition) is 0. The highest BCUT2D eigenvalue weighted by atomic mass is 16.5. The minimum atomic E-state index is -0.318. The minimum Gasteiger partial charge on any atom is -0.497 e. The average molecular weight is 275 g/mol. The molecule has 0 aliphatic carbocycles.